The second-order valence-corrected chi connectivity index (χ2v) is 6.26. The van der Waals surface area contributed by atoms with Crippen molar-refractivity contribution in [3.63, 3.8) is 0 Å². The molecule has 0 saturated carbocycles. The molecule has 0 bridgehead atoms. The Morgan fingerprint density at radius 3 is 2.56 bits per heavy atom. The van der Waals surface area contributed by atoms with E-state index in [2.05, 4.69) is 15.6 Å². The van der Waals surface area contributed by atoms with Gasteiger partial charge in [-0.05, 0) is 30.7 Å². The quantitative estimate of drug-likeness (QED) is 0.558. The van der Waals surface area contributed by atoms with Gasteiger partial charge in [0.25, 0.3) is 5.91 Å². The Labute approximate surface area is 150 Å². The van der Waals surface area contributed by atoms with Crippen molar-refractivity contribution in [1.29, 1.82) is 5.26 Å². The molecule has 1 aromatic carbocycles. The maximum atomic E-state index is 12.3. The van der Waals surface area contributed by atoms with Gasteiger partial charge in [0.05, 0.1) is 6.07 Å². The number of hydrogen-bond acceptors (Lipinski definition) is 5. The molecule has 0 radical (unpaired) electrons. The highest BCUT2D eigenvalue weighted by Gasteiger charge is 2.21. The molecule has 0 spiro atoms. The molecule has 0 aliphatic carbocycles. The third kappa shape index (κ3) is 6.28. The fraction of sp³-hybridized carbons (Fsp3) is 0.222. The average molecular weight is 354 g/mol. The fourth-order valence-electron chi connectivity index (χ4n) is 2.08. The van der Waals surface area contributed by atoms with Gasteiger partial charge in [0.15, 0.2) is 0 Å². The molecule has 2 aromatic rings. The lowest BCUT2D eigenvalue weighted by molar-refractivity contribution is -0.122. The lowest BCUT2D eigenvalue weighted by Gasteiger charge is -2.17. The molecule has 1 aromatic heterocycles. The number of hydrogen-bond donors (Lipinski definition) is 2. The van der Waals surface area contributed by atoms with Crippen LogP contribution in [0.3, 0.4) is 0 Å². The van der Waals surface area contributed by atoms with Crippen molar-refractivity contribution in [2.45, 2.75) is 17.4 Å². The van der Waals surface area contributed by atoms with E-state index < -0.39 is 6.04 Å². The molecule has 1 atom stereocenters. The van der Waals surface area contributed by atoms with Gasteiger partial charge < -0.3 is 10.6 Å². The van der Waals surface area contributed by atoms with Gasteiger partial charge in [0, 0.05) is 28.6 Å². The van der Waals surface area contributed by atoms with E-state index in [0.29, 0.717) is 17.7 Å². The number of rotatable bonds is 8. The van der Waals surface area contributed by atoms with Gasteiger partial charge in [0.2, 0.25) is 5.91 Å². The first-order valence-electron chi connectivity index (χ1n) is 7.74. The van der Waals surface area contributed by atoms with Gasteiger partial charge in [-0.15, -0.1) is 11.8 Å². The number of carbonyl (C=O) groups is 2. The SMILES string of the molecule is N#CCNC(=O)[C@@H](CCSc1ccncc1)NC(=O)c1ccccc1. The second kappa shape index (κ2) is 10.1. The van der Waals surface area contributed by atoms with Crippen molar-refractivity contribution in [1.82, 2.24) is 15.6 Å². The molecule has 25 heavy (non-hydrogen) atoms. The zero-order chi connectivity index (χ0) is 17.9. The lowest BCUT2D eigenvalue weighted by Crippen LogP contribution is -2.47. The molecule has 2 rings (SSSR count). The Morgan fingerprint density at radius 2 is 1.88 bits per heavy atom. The highest BCUT2D eigenvalue weighted by Crippen LogP contribution is 2.18. The molecule has 6 nitrogen and oxygen atoms in total. The standard InChI is InChI=1S/C18H18N4O2S/c19-9-12-21-18(24)16(8-13-25-15-6-10-20-11-7-15)22-17(23)14-4-2-1-3-5-14/h1-7,10-11,16H,8,12-13H2,(H,21,24)(H,22,23)/t16-/m1/s1. The number of nitriles is 1. The zero-order valence-corrected chi connectivity index (χ0v) is 14.3. The number of nitrogens with zero attached hydrogens (tertiary/aromatic N) is 2. The molecule has 0 aliphatic rings. The van der Waals surface area contributed by atoms with Gasteiger partial charge in [-0.25, -0.2) is 0 Å². The number of nitrogens with one attached hydrogen (secondary N) is 2. The van der Waals surface area contributed by atoms with E-state index in [4.69, 9.17) is 5.26 Å². The average Bonchev–Trinajstić information content (AvgIpc) is 2.66. The Morgan fingerprint density at radius 1 is 1.16 bits per heavy atom. The summed E-state index contributed by atoms with van der Waals surface area (Å²) in [5, 5.41) is 13.9. The lowest BCUT2D eigenvalue weighted by atomic mass is 10.1. The van der Waals surface area contributed by atoms with Gasteiger partial charge in [-0.3, -0.25) is 14.6 Å². The Hall–Kier alpha value is -2.85. The first kappa shape index (κ1) is 18.5. The van der Waals surface area contributed by atoms with Crippen molar-refractivity contribution in [3.05, 3.63) is 60.4 Å². The van der Waals surface area contributed by atoms with Gasteiger partial charge >= 0.3 is 0 Å². The molecule has 0 aliphatic heterocycles. The predicted molar refractivity (Wildman–Crippen MR) is 95.9 cm³/mol. The van der Waals surface area contributed by atoms with Crippen LogP contribution in [-0.4, -0.2) is 35.1 Å². The molecule has 0 fully saturated rings. The number of carbonyl (C=O) groups excluding carboxylic acids is 2. The summed E-state index contributed by atoms with van der Waals surface area (Å²) < 4.78 is 0. The van der Waals surface area contributed by atoms with E-state index in [1.807, 2.05) is 24.3 Å². The Balaban J connectivity index is 1.96. The second-order valence-electron chi connectivity index (χ2n) is 5.09. The van der Waals surface area contributed by atoms with Crippen molar-refractivity contribution in [2.24, 2.45) is 0 Å². The van der Waals surface area contributed by atoms with E-state index in [1.165, 1.54) is 0 Å². The largest absolute Gasteiger partial charge is 0.341 e. The number of pyridine rings is 1. The van der Waals surface area contributed by atoms with E-state index in [0.717, 1.165) is 4.90 Å². The van der Waals surface area contributed by atoms with Gasteiger partial charge in [-0.1, -0.05) is 18.2 Å². The van der Waals surface area contributed by atoms with Crippen LogP contribution < -0.4 is 10.6 Å². The molecular formula is C18H18N4O2S. The van der Waals surface area contributed by atoms with E-state index >= 15 is 0 Å². The van der Waals surface area contributed by atoms with Crippen molar-refractivity contribution in [2.75, 3.05) is 12.3 Å². The van der Waals surface area contributed by atoms with Crippen LogP contribution in [0.2, 0.25) is 0 Å². The van der Waals surface area contributed by atoms with Crippen LogP contribution in [0.5, 0.6) is 0 Å². The summed E-state index contributed by atoms with van der Waals surface area (Å²) in [6.07, 6.45) is 3.86. The highest BCUT2D eigenvalue weighted by atomic mass is 32.2. The third-order valence-corrected chi connectivity index (χ3v) is 4.37. The molecule has 2 N–H and O–H groups in total. The normalized spacial score (nSPS) is 11.2. The van der Waals surface area contributed by atoms with Crippen molar-refractivity contribution < 1.29 is 9.59 Å². The summed E-state index contributed by atoms with van der Waals surface area (Å²) in [6.45, 7) is -0.0892. The predicted octanol–water partition coefficient (Wildman–Crippen LogP) is 2.00. The van der Waals surface area contributed by atoms with E-state index in [1.54, 1.807) is 48.4 Å². The molecule has 7 heteroatoms. The van der Waals surface area contributed by atoms with Crippen molar-refractivity contribution >= 4 is 23.6 Å². The zero-order valence-electron chi connectivity index (χ0n) is 13.5. The summed E-state index contributed by atoms with van der Waals surface area (Å²) in [6, 6.07) is 13.7. The summed E-state index contributed by atoms with van der Waals surface area (Å²) in [4.78, 5) is 29.5. The number of aromatic nitrogens is 1. The summed E-state index contributed by atoms with van der Waals surface area (Å²) in [5.41, 5.74) is 0.488. The monoisotopic (exact) mass is 354 g/mol. The van der Waals surface area contributed by atoms with Crippen LogP contribution in [0.4, 0.5) is 0 Å². The molecule has 128 valence electrons. The third-order valence-electron chi connectivity index (χ3n) is 3.32. The number of thioether (sulfide) groups is 1. The molecular weight excluding hydrogens is 336 g/mol. The number of benzene rings is 1. The molecule has 1 heterocycles. The van der Waals surface area contributed by atoms with Crippen LogP contribution in [0.1, 0.15) is 16.8 Å². The van der Waals surface area contributed by atoms with Crippen molar-refractivity contribution in [3.8, 4) is 6.07 Å². The van der Waals surface area contributed by atoms with Crippen LogP contribution in [-0.2, 0) is 4.79 Å². The van der Waals surface area contributed by atoms with Crippen LogP contribution in [0.25, 0.3) is 0 Å². The summed E-state index contributed by atoms with van der Waals surface area (Å²) in [7, 11) is 0. The minimum atomic E-state index is -0.699. The van der Waals surface area contributed by atoms with Crippen LogP contribution in [0, 0.1) is 11.3 Å². The minimum Gasteiger partial charge on any atom is -0.341 e. The summed E-state index contributed by atoms with van der Waals surface area (Å²) in [5.74, 6) is -0.0308. The Bertz CT molecular complexity index is 732. The van der Waals surface area contributed by atoms with Crippen LogP contribution >= 0.6 is 11.8 Å². The smallest absolute Gasteiger partial charge is 0.251 e. The highest BCUT2D eigenvalue weighted by molar-refractivity contribution is 7.99. The van der Waals surface area contributed by atoms with Gasteiger partial charge in [-0.2, -0.15) is 5.26 Å². The number of amides is 2. The topological polar surface area (TPSA) is 94.9 Å². The molecule has 2 amide bonds. The first-order valence-corrected chi connectivity index (χ1v) is 8.72. The summed E-state index contributed by atoms with van der Waals surface area (Å²) >= 11 is 1.58. The Kier molecular flexibility index (Phi) is 7.47. The molecule has 0 saturated heterocycles. The van der Waals surface area contributed by atoms with E-state index in [-0.39, 0.29) is 18.4 Å². The first-order chi connectivity index (χ1) is 12.2. The van der Waals surface area contributed by atoms with Gasteiger partial charge in [0.1, 0.15) is 12.6 Å². The maximum absolute atomic E-state index is 12.3. The van der Waals surface area contributed by atoms with Crippen LogP contribution in [0.15, 0.2) is 59.8 Å². The van der Waals surface area contributed by atoms with E-state index in [9.17, 15) is 9.59 Å². The minimum absolute atomic E-state index is 0.0892. The molecule has 0 unspecified atom stereocenters. The fourth-order valence-corrected chi connectivity index (χ4v) is 2.98. The maximum Gasteiger partial charge on any atom is 0.251 e.